The number of rotatable bonds is 7. The fraction of sp³-hybridized carbons (Fsp3) is 0.261. The lowest BCUT2D eigenvalue weighted by molar-refractivity contribution is -0.153. The molecule has 9 heteroatoms. The van der Waals surface area contributed by atoms with Crippen LogP contribution in [0.15, 0.2) is 71.9 Å². The Morgan fingerprint density at radius 3 is 2.22 bits per heavy atom. The van der Waals surface area contributed by atoms with Crippen LogP contribution in [0.5, 0.6) is 0 Å². The lowest BCUT2D eigenvalue weighted by Crippen LogP contribution is -2.68. The summed E-state index contributed by atoms with van der Waals surface area (Å²) in [5, 5.41) is 0.0452. The molecule has 2 N–H and O–H groups in total. The Kier molecular flexibility index (Phi) is 6.98. The van der Waals surface area contributed by atoms with Gasteiger partial charge in [0.1, 0.15) is 23.7 Å². The summed E-state index contributed by atoms with van der Waals surface area (Å²) in [6.07, 6.45) is -0.713. The molecular formula is C23H21BrN2O5S. The van der Waals surface area contributed by atoms with Crippen molar-refractivity contribution in [3.8, 4) is 0 Å². The minimum atomic E-state index is -0.765. The monoisotopic (exact) mass is 516 g/mol. The summed E-state index contributed by atoms with van der Waals surface area (Å²) in [6.45, 7) is 0.142. The van der Waals surface area contributed by atoms with Crippen molar-refractivity contribution < 1.29 is 23.9 Å². The van der Waals surface area contributed by atoms with Crippen LogP contribution in [0.2, 0.25) is 0 Å². The normalized spacial score (nSPS) is 20.0. The average molecular weight is 517 g/mol. The highest BCUT2D eigenvalue weighted by Crippen LogP contribution is 2.41. The van der Waals surface area contributed by atoms with Crippen molar-refractivity contribution in [3.63, 3.8) is 0 Å². The second-order valence-electron chi connectivity index (χ2n) is 7.19. The molecule has 1 fully saturated rings. The molecule has 2 aliphatic rings. The number of hydrogen-bond acceptors (Lipinski definition) is 7. The van der Waals surface area contributed by atoms with Gasteiger partial charge in [0.2, 0.25) is 5.91 Å². The first kappa shape index (κ1) is 22.6. The van der Waals surface area contributed by atoms with Gasteiger partial charge in [0.25, 0.3) is 0 Å². The molecule has 166 valence electrons. The minimum Gasteiger partial charge on any atom is -0.461 e. The van der Waals surface area contributed by atoms with Gasteiger partial charge in [0.05, 0.1) is 5.57 Å². The lowest BCUT2D eigenvalue weighted by atomic mass is 10.0. The number of fused-ring (bicyclic) bond motifs is 1. The van der Waals surface area contributed by atoms with Gasteiger partial charge in [-0.05, 0) is 11.1 Å². The van der Waals surface area contributed by atoms with E-state index in [1.807, 2.05) is 60.7 Å². The summed E-state index contributed by atoms with van der Waals surface area (Å²) in [6, 6.07) is 17.9. The van der Waals surface area contributed by atoms with Gasteiger partial charge < -0.3 is 15.2 Å². The van der Waals surface area contributed by atoms with E-state index in [0.29, 0.717) is 5.33 Å². The van der Waals surface area contributed by atoms with E-state index in [0.717, 1.165) is 11.1 Å². The summed E-state index contributed by atoms with van der Waals surface area (Å²) < 4.78 is 11.1. The van der Waals surface area contributed by atoms with Crippen molar-refractivity contribution in [1.29, 1.82) is 0 Å². The molecule has 7 nitrogen and oxygen atoms in total. The number of thioether (sulfide) groups is 1. The van der Waals surface area contributed by atoms with E-state index in [4.69, 9.17) is 15.2 Å². The molecule has 2 heterocycles. The molecule has 2 atom stereocenters. The summed E-state index contributed by atoms with van der Waals surface area (Å²) in [7, 11) is 0. The Hall–Kier alpha value is -2.62. The largest absolute Gasteiger partial charge is 0.461 e. The van der Waals surface area contributed by atoms with Crippen molar-refractivity contribution in [3.05, 3.63) is 83.1 Å². The third-order valence-corrected chi connectivity index (χ3v) is 6.81. The minimum absolute atomic E-state index is 0.0862. The summed E-state index contributed by atoms with van der Waals surface area (Å²) in [4.78, 5) is 39.9. The van der Waals surface area contributed by atoms with E-state index < -0.39 is 35.4 Å². The molecule has 0 spiro atoms. The molecule has 0 aliphatic carbocycles. The number of amides is 1. The van der Waals surface area contributed by atoms with Crippen LogP contribution in [0.4, 0.5) is 0 Å². The van der Waals surface area contributed by atoms with Crippen LogP contribution < -0.4 is 5.73 Å². The number of nitrogens with zero attached hydrogens (tertiary/aromatic N) is 1. The highest BCUT2D eigenvalue weighted by molar-refractivity contribution is 9.09. The number of carbonyl (C=O) groups is 3. The van der Waals surface area contributed by atoms with Crippen LogP contribution >= 0.6 is 27.7 Å². The van der Waals surface area contributed by atoms with Crippen LogP contribution in [-0.2, 0) is 23.9 Å². The van der Waals surface area contributed by atoms with E-state index in [1.165, 1.54) is 16.7 Å². The number of nitrogens with two attached hydrogens (primary N) is 1. The van der Waals surface area contributed by atoms with Gasteiger partial charge in [-0.25, -0.2) is 9.59 Å². The standard InChI is InChI=1S/C23H21BrN2O5S/c24-11-12-30-22(28)16-13-32-21-17(25)20(27)26(21)18(16)23(29)31-19(14-7-3-1-4-8-14)15-9-5-2-6-10-15/h1-10,17,19,21H,11-13,25H2/t17?,21-/m0/s1. The fourth-order valence-corrected chi connectivity index (χ4v) is 5.06. The zero-order valence-electron chi connectivity index (χ0n) is 17.0. The van der Waals surface area contributed by atoms with Gasteiger partial charge in [0.15, 0.2) is 6.10 Å². The summed E-state index contributed by atoms with van der Waals surface area (Å²) >= 11 is 4.54. The maximum atomic E-state index is 13.4. The summed E-state index contributed by atoms with van der Waals surface area (Å²) in [5.41, 5.74) is 7.47. The van der Waals surface area contributed by atoms with Gasteiger partial charge in [-0.1, -0.05) is 76.6 Å². The smallest absolute Gasteiger partial charge is 0.356 e. The van der Waals surface area contributed by atoms with Gasteiger partial charge in [-0.15, -0.1) is 11.8 Å². The second-order valence-corrected chi connectivity index (χ2v) is 9.09. The molecule has 0 radical (unpaired) electrons. The predicted octanol–water partition coefficient (Wildman–Crippen LogP) is 2.75. The molecule has 32 heavy (non-hydrogen) atoms. The predicted molar refractivity (Wildman–Crippen MR) is 124 cm³/mol. The second kappa shape index (κ2) is 9.89. The number of benzene rings is 2. The number of alkyl halides is 1. The van der Waals surface area contributed by atoms with Crippen molar-refractivity contribution in [2.45, 2.75) is 17.5 Å². The number of ether oxygens (including phenoxy) is 2. The van der Waals surface area contributed by atoms with Crippen molar-refractivity contribution in [2.24, 2.45) is 5.73 Å². The Labute approximate surface area is 198 Å². The zero-order chi connectivity index (χ0) is 22.7. The van der Waals surface area contributed by atoms with Crippen LogP contribution in [0.3, 0.4) is 0 Å². The first-order valence-electron chi connectivity index (χ1n) is 10.00. The molecule has 1 amide bonds. The molecular weight excluding hydrogens is 496 g/mol. The lowest BCUT2D eigenvalue weighted by Gasteiger charge is -2.48. The van der Waals surface area contributed by atoms with Crippen molar-refractivity contribution in [1.82, 2.24) is 4.90 Å². The molecule has 0 bridgehead atoms. The van der Waals surface area contributed by atoms with E-state index in [-0.39, 0.29) is 23.6 Å². The Morgan fingerprint density at radius 1 is 1.06 bits per heavy atom. The highest BCUT2D eigenvalue weighted by atomic mass is 79.9. The van der Waals surface area contributed by atoms with E-state index in [2.05, 4.69) is 15.9 Å². The third-order valence-electron chi connectivity index (χ3n) is 5.19. The van der Waals surface area contributed by atoms with Crippen molar-refractivity contribution in [2.75, 3.05) is 17.7 Å². The molecule has 0 saturated carbocycles. The molecule has 2 aromatic carbocycles. The van der Waals surface area contributed by atoms with E-state index >= 15 is 0 Å². The number of carbonyl (C=O) groups excluding carboxylic acids is 3. The SMILES string of the molecule is NC1C(=O)N2C(C(=O)OC(c3ccccc3)c3ccccc3)=C(C(=O)OCCBr)CS[C@@H]12. The van der Waals surface area contributed by atoms with Gasteiger partial charge >= 0.3 is 11.9 Å². The number of halogens is 1. The van der Waals surface area contributed by atoms with Crippen molar-refractivity contribution >= 4 is 45.5 Å². The Bertz CT molecular complexity index is 1010. The first-order valence-corrected chi connectivity index (χ1v) is 12.2. The van der Waals surface area contributed by atoms with Gasteiger partial charge in [0, 0.05) is 11.1 Å². The topological polar surface area (TPSA) is 98.9 Å². The maximum absolute atomic E-state index is 13.4. The van der Waals surface area contributed by atoms with E-state index in [9.17, 15) is 14.4 Å². The molecule has 1 unspecified atom stereocenters. The molecule has 2 aromatic rings. The third kappa shape index (κ3) is 4.32. The van der Waals surface area contributed by atoms with Gasteiger partial charge in [-0.2, -0.15) is 0 Å². The van der Waals surface area contributed by atoms with E-state index in [1.54, 1.807) is 0 Å². The van der Waals surface area contributed by atoms with Crippen LogP contribution in [-0.4, -0.2) is 51.9 Å². The molecule has 4 rings (SSSR count). The quantitative estimate of drug-likeness (QED) is 0.343. The van der Waals surface area contributed by atoms with Gasteiger partial charge in [-0.3, -0.25) is 9.69 Å². The zero-order valence-corrected chi connectivity index (χ0v) is 19.4. The van der Waals surface area contributed by atoms with Crippen LogP contribution in [0, 0.1) is 0 Å². The molecule has 0 aromatic heterocycles. The van der Waals surface area contributed by atoms with Crippen LogP contribution in [0.25, 0.3) is 0 Å². The highest BCUT2D eigenvalue weighted by Gasteiger charge is 2.53. The molecule has 1 saturated heterocycles. The van der Waals surface area contributed by atoms with Crippen LogP contribution in [0.1, 0.15) is 17.2 Å². The number of β-lactam (4-membered cyclic amide) rings is 1. The number of hydrogen-bond donors (Lipinski definition) is 1. The maximum Gasteiger partial charge on any atom is 0.356 e. The number of esters is 2. The fourth-order valence-electron chi connectivity index (χ4n) is 3.63. The summed E-state index contributed by atoms with van der Waals surface area (Å²) in [5.74, 6) is -1.63. The average Bonchev–Trinajstić information content (AvgIpc) is 2.85. The Balaban J connectivity index is 1.70. The molecule has 2 aliphatic heterocycles. The first-order chi connectivity index (χ1) is 15.5. The Morgan fingerprint density at radius 2 is 1.66 bits per heavy atom.